The summed E-state index contributed by atoms with van der Waals surface area (Å²) >= 11 is 0. The van der Waals surface area contributed by atoms with E-state index in [-0.39, 0.29) is 6.10 Å². The van der Waals surface area contributed by atoms with Crippen LogP contribution in [0.3, 0.4) is 0 Å². The summed E-state index contributed by atoms with van der Waals surface area (Å²) in [6.45, 7) is 0.749. The van der Waals surface area contributed by atoms with Crippen LogP contribution in [0.4, 0.5) is 0 Å². The van der Waals surface area contributed by atoms with Crippen molar-refractivity contribution in [3.63, 3.8) is 0 Å². The molecular weight excluding hydrogens is 224 g/mol. The minimum Gasteiger partial charge on any atom is -0.391 e. The number of aryl methyl sites for hydroxylation is 1. The lowest BCUT2D eigenvalue weighted by atomic mass is 9.99. The maximum atomic E-state index is 10.2. The van der Waals surface area contributed by atoms with Gasteiger partial charge in [0.1, 0.15) is 0 Å². The molecule has 2 aliphatic rings. The van der Waals surface area contributed by atoms with Gasteiger partial charge in [0.15, 0.2) is 0 Å². The average Bonchev–Trinajstić information content (AvgIpc) is 3.00. The summed E-state index contributed by atoms with van der Waals surface area (Å²) < 4.78 is 2.20. The van der Waals surface area contributed by atoms with Gasteiger partial charge in [0.05, 0.1) is 18.1 Å². The van der Waals surface area contributed by atoms with Crippen molar-refractivity contribution in [1.29, 1.82) is 0 Å². The first-order valence-corrected chi connectivity index (χ1v) is 7.54. The van der Waals surface area contributed by atoms with Crippen molar-refractivity contribution in [3.8, 4) is 0 Å². The van der Waals surface area contributed by atoms with E-state index in [0.29, 0.717) is 0 Å². The largest absolute Gasteiger partial charge is 0.391 e. The Morgan fingerprint density at radius 3 is 2.83 bits per heavy atom. The molecule has 18 heavy (non-hydrogen) atoms. The van der Waals surface area contributed by atoms with E-state index in [4.69, 9.17) is 0 Å². The molecule has 1 unspecified atom stereocenters. The SMILES string of the molecule is OC(CC1CCCC1)Cn1cnc2c1CCCC2. The van der Waals surface area contributed by atoms with Gasteiger partial charge in [0.2, 0.25) is 0 Å². The highest BCUT2D eigenvalue weighted by Gasteiger charge is 2.21. The second-order valence-corrected chi connectivity index (χ2v) is 6.04. The van der Waals surface area contributed by atoms with Gasteiger partial charge in [-0.05, 0) is 38.0 Å². The second kappa shape index (κ2) is 5.43. The molecule has 1 N–H and O–H groups in total. The Labute approximate surface area is 109 Å². The molecule has 0 amide bonds. The second-order valence-electron chi connectivity index (χ2n) is 6.04. The molecule has 0 spiro atoms. The third-order valence-corrected chi connectivity index (χ3v) is 4.60. The number of nitrogens with zero attached hydrogens (tertiary/aromatic N) is 2. The smallest absolute Gasteiger partial charge is 0.0952 e. The molecule has 3 nitrogen and oxygen atoms in total. The fourth-order valence-electron chi connectivity index (χ4n) is 3.62. The Morgan fingerprint density at radius 2 is 2.00 bits per heavy atom. The number of fused-ring (bicyclic) bond motifs is 1. The van der Waals surface area contributed by atoms with Gasteiger partial charge in [-0.3, -0.25) is 0 Å². The number of hydrogen-bond acceptors (Lipinski definition) is 2. The maximum absolute atomic E-state index is 10.2. The van der Waals surface area contributed by atoms with Crippen LogP contribution < -0.4 is 0 Å². The molecule has 0 bridgehead atoms. The molecule has 0 aliphatic heterocycles. The van der Waals surface area contributed by atoms with Crippen LogP contribution in [0, 0.1) is 5.92 Å². The van der Waals surface area contributed by atoms with Crippen LogP contribution in [-0.4, -0.2) is 20.8 Å². The quantitative estimate of drug-likeness (QED) is 0.889. The van der Waals surface area contributed by atoms with E-state index >= 15 is 0 Å². The predicted molar refractivity (Wildman–Crippen MR) is 71.5 cm³/mol. The van der Waals surface area contributed by atoms with E-state index in [2.05, 4.69) is 9.55 Å². The Morgan fingerprint density at radius 1 is 1.22 bits per heavy atom. The number of aliphatic hydroxyl groups is 1. The van der Waals surface area contributed by atoms with Crippen LogP contribution in [0.15, 0.2) is 6.33 Å². The van der Waals surface area contributed by atoms with Gasteiger partial charge in [-0.15, -0.1) is 0 Å². The first-order valence-electron chi connectivity index (χ1n) is 7.54. The molecule has 0 saturated heterocycles. The van der Waals surface area contributed by atoms with Gasteiger partial charge < -0.3 is 9.67 Å². The van der Waals surface area contributed by atoms with Crippen LogP contribution in [0.2, 0.25) is 0 Å². The van der Waals surface area contributed by atoms with E-state index < -0.39 is 0 Å². The molecule has 3 rings (SSSR count). The summed E-state index contributed by atoms with van der Waals surface area (Å²) in [6.07, 6.45) is 12.9. The lowest BCUT2D eigenvalue weighted by Gasteiger charge is -2.19. The molecule has 2 aliphatic carbocycles. The normalized spacial score (nSPS) is 22.1. The van der Waals surface area contributed by atoms with Gasteiger partial charge in [0, 0.05) is 12.2 Å². The lowest BCUT2D eigenvalue weighted by molar-refractivity contribution is 0.123. The molecule has 1 atom stereocenters. The van der Waals surface area contributed by atoms with Crippen molar-refractivity contribution in [1.82, 2.24) is 9.55 Å². The topological polar surface area (TPSA) is 38.0 Å². The summed E-state index contributed by atoms with van der Waals surface area (Å²) in [6, 6.07) is 0. The van der Waals surface area contributed by atoms with E-state index in [0.717, 1.165) is 31.7 Å². The van der Waals surface area contributed by atoms with Crippen LogP contribution in [0.5, 0.6) is 0 Å². The molecule has 100 valence electrons. The molecule has 1 fully saturated rings. The maximum Gasteiger partial charge on any atom is 0.0952 e. The third kappa shape index (κ3) is 2.61. The van der Waals surface area contributed by atoms with Crippen molar-refractivity contribution in [2.45, 2.75) is 70.4 Å². The average molecular weight is 248 g/mol. The standard InChI is InChI=1S/C15H24N2O/c18-13(9-12-5-1-2-6-12)10-17-11-16-14-7-3-4-8-15(14)17/h11-13,18H,1-10H2. The van der Waals surface area contributed by atoms with Crippen molar-refractivity contribution in [2.75, 3.05) is 0 Å². The number of rotatable bonds is 4. The van der Waals surface area contributed by atoms with Crippen LogP contribution in [0.1, 0.15) is 56.3 Å². The molecule has 3 heteroatoms. The van der Waals surface area contributed by atoms with E-state index in [1.807, 2.05) is 6.33 Å². The minimum absolute atomic E-state index is 0.187. The molecule has 0 radical (unpaired) electrons. The van der Waals surface area contributed by atoms with Gasteiger partial charge in [-0.1, -0.05) is 25.7 Å². The van der Waals surface area contributed by atoms with Crippen molar-refractivity contribution < 1.29 is 5.11 Å². The lowest BCUT2D eigenvalue weighted by Crippen LogP contribution is -2.20. The predicted octanol–water partition coefficient (Wildman–Crippen LogP) is 2.70. The Bertz CT molecular complexity index is 393. The molecule has 0 aromatic carbocycles. The highest BCUT2D eigenvalue weighted by molar-refractivity contribution is 5.16. The zero-order valence-corrected chi connectivity index (χ0v) is 11.1. The Kier molecular flexibility index (Phi) is 3.69. The zero-order valence-electron chi connectivity index (χ0n) is 11.1. The fourth-order valence-corrected chi connectivity index (χ4v) is 3.62. The molecular formula is C15H24N2O. The summed E-state index contributed by atoms with van der Waals surface area (Å²) in [7, 11) is 0. The monoisotopic (exact) mass is 248 g/mol. The van der Waals surface area contributed by atoms with Gasteiger partial charge in [0.25, 0.3) is 0 Å². The van der Waals surface area contributed by atoms with Crippen LogP contribution in [0.25, 0.3) is 0 Å². The van der Waals surface area contributed by atoms with Crippen molar-refractivity contribution in [2.24, 2.45) is 5.92 Å². The van der Waals surface area contributed by atoms with Crippen molar-refractivity contribution >= 4 is 0 Å². The first-order chi connectivity index (χ1) is 8.83. The molecule has 1 aromatic rings. The molecule has 1 aromatic heterocycles. The van der Waals surface area contributed by atoms with Crippen molar-refractivity contribution in [3.05, 3.63) is 17.7 Å². The van der Waals surface area contributed by atoms with E-state index in [9.17, 15) is 5.11 Å². The summed E-state index contributed by atoms with van der Waals surface area (Å²) in [4.78, 5) is 4.49. The Hall–Kier alpha value is -0.830. The zero-order chi connectivity index (χ0) is 12.4. The highest BCUT2D eigenvalue weighted by Crippen LogP contribution is 2.29. The minimum atomic E-state index is -0.187. The fraction of sp³-hybridized carbons (Fsp3) is 0.800. The number of aliphatic hydroxyl groups excluding tert-OH is 1. The number of aromatic nitrogens is 2. The highest BCUT2D eigenvalue weighted by atomic mass is 16.3. The third-order valence-electron chi connectivity index (χ3n) is 4.60. The van der Waals surface area contributed by atoms with Crippen LogP contribution in [-0.2, 0) is 19.4 Å². The van der Waals surface area contributed by atoms with E-state index in [1.165, 1.54) is 49.9 Å². The summed E-state index contributed by atoms with van der Waals surface area (Å²) in [5.74, 6) is 0.763. The number of hydrogen-bond donors (Lipinski definition) is 1. The van der Waals surface area contributed by atoms with Gasteiger partial charge in [-0.25, -0.2) is 4.98 Å². The van der Waals surface area contributed by atoms with Gasteiger partial charge >= 0.3 is 0 Å². The van der Waals surface area contributed by atoms with Crippen LogP contribution >= 0.6 is 0 Å². The van der Waals surface area contributed by atoms with E-state index in [1.54, 1.807) is 0 Å². The number of imidazole rings is 1. The summed E-state index contributed by atoms with van der Waals surface area (Å²) in [5, 5.41) is 10.2. The molecule has 1 heterocycles. The van der Waals surface area contributed by atoms with Gasteiger partial charge in [-0.2, -0.15) is 0 Å². The summed E-state index contributed by atoms with van der Waals surface area (Å²) in [5.41, 5.74) is 2.65. The first kappa shape index (κ1) is 12.2. The Balaban J connectivity index is 1.59. The molecule has 1 saturated carbocycles.